The Hall–Kier alpha value is -2.60. The SMILES string of the molecule is COc1ccc(-n2c(C)cc(/C=N/n3cnnc3)c2C)cc1Cl. The van der Waals surface area contributed by atoms with Crippen molar-refractivity contribution < 1.29 is 4.74 Å². The van der Waals surface area contributed by atoms with Gasteiger partial charge in [-0.15, -0.1) is 10.2 Å². The molecule has 0 spiro atoms. The average molecular weight is 330 g/mol. The van der Waals surface area contributed by atoms with Gasteiger partial charge in [-0.1, -0.05) is 11.6 Å². The summed E-state index contributed by atoms with van der Waals surface area (Å²) in [6.07, 6.45) is 4.87. The fourth-order valence-electron chi connectivity index (χ4n) is 2.49. The van der Waals surface area contributed by atoms with E-state index in [2.05, 4.69) is 25.9 Å². The Morgan fingerprint density at radius 3 is 2.57 bits per heavy atom. The van der Waals surface area contributed by atoms with E-state index in [4.69, 9.17) is 16.3 Å². The van der Waals surface area contributed by atoms with Crippen molar-refractivity contribution in [3.63, 3.8) is 0 Å². The zero-order valence-corrected chi connectivity index (χ0v) is 13.8. The summed E-state index contributed by atoms with van der Waals surface area (Å²) < 4.78 is 8.88. The molecule has 118 valence electrons. The molecular weight excluding hydrogens is 314 g/mol. The van der Waals surface area contributed by atoms with Gasteiger partial charge in [0.1, 0.15) is 18.4 Å². The molecule has 0 N–H and O–H groups in total. The zero-order chi connectivity index (χ0) is 16.4. The van der Waals surface area contributed by atoms with Crippen LogP contribution >= 0.6 is 11.6 Å². The number of hydrogen-bond donors (Lipinski definition) is 0. The van der Waals surface area contributed by atoms with E-state index in [1.54, 1.807) is 30.7 Å². The van der Waals surface area contributed by atoms with Crippen molar-refractivity contribution in [1.29, 1.82) is 0 Å². The number of aromatic nitrogens is 4. The van der Waals surface area contributed by atoms with Crippen LogP contribution in [0.5, 0.6) is 5.75 Å². The predicted octanol–water partition coefficient (Wildman–Crippen LogP) is 3.23. The quantitative estimate of drug-likeness (QED) is 0.690. The molecule has 0 atom stereocenters. The van der Waals surface area contributed by atoms with Gasteiger partial charge in [-0.2, -0.15) is 5.10 Å². The van der Waals surface area contributed by atoms with E-state index < -0.39 is 0 Å². The molecule has 0 fully saturated rings. The number of hydrogen-bond acceptors (Lipinski definition) is 4. The third-order valence-electron chi connectivity index (χ3n) is 3.60. The lowest BCUT2D eigenvalue weighted by Crippen LogP contribution is -2.00. The van der Waals surface area contributed by atoms with Crippen LogP contribution in [0.1, 0.15) is 17.0 Å². The Balaban J connectivity index is 1.99. The topological polar surface area (TPSA) is 57.2 Å². The highest BCUT2D eigenvalue weighted by Gasteiger charge is 2.11. The van der Waals surface area contributed by atoms with Crippen LogP contribution in [0.25, 0.3) is 5.69 Å². The second-order valence-corrected chi connectivity index (χ2v) is 5.47. The molecule has 0 amide bonds. The minimum Gasteiger partial charge on any atom is -0.495 e. The van der Waals surface area contributed by atoms with Gasteiger partial charge in [0, 0.05) is 22.6 Å². The van der Waals surface area contributed by atoms with Crippen LogP contribution in [0.3, 0.4) is 0 Å². The van der Waals surface area contributed by atoms with Gasteiger partial charge < -0.3 is 9.30 Å². The summed E-state index contributed by atoms with van der Waals surface area (Å²) in [4.78, 5) is 0. The number of rotatable bonds is 4. The smallest absolute Gasteiger partial charge is 0.141 e. The van der Waals surface area contributed by atoms with Gasteiger partial charge >= 0.3 is 0 Å². The number of nitrogens with zero attached hydrogens (tertiary/aromatic N) is 5. The molecular formula is C16H16ClN5O. The standard InChI is InChI=1S/C16H16ClN5O/c1-11-6-13(8-20-21-9-18-19-10-21)12(2)22(11)14-4-5-16(23-3)15(17)7-14/h4-10H,1-3H3/b20-8+. The Morgan fingerprint density at radius 2 is 1.91 bits per heavy atom. The first-order valence-corrected chi connectivity index (χ1v) is 7.40. The molecule has 0 radical (unpaired) electrons. The molecule has 23 heavy (non-hydrogen) atoms. The average Bonchev–Trinajstić information content (AvgIpc) is 3.13. The second-order valence-electron chi connectivity index (χ2n) is 5.07. The number of methoxy groups -OCH3 is 1. The first-order valence-electron chi connectivity index (χ1n) is 7.02. The Bertz CT molecular complexity index is 852. The van der Waals surface area contributed by atoms with Gasteiger partial charge in [-0.05, 0) is 38.1 Å². The molecule has 2 aromatic heterocycles. The molecule has 0 aliphatic rings. The normalized spacial score (nSPS) is 11.3. The van der Waals surface area contributed by atoms with E-state index in [0.29, 0.717) is 10.8 Å². The molecule has 0 saturated carbocycles. The van der Waals surface area contributed by atoms with Gasteiger partial charge in [-0.25, -0.2) is 4.68 Å². The molecule has 2 heterocycles. The maximum Gasteiger partial charge on any atom is 0.141 e. The van der Waals surface area contributed by atoms with Crippen LogP contribution in [0.4, 0.5) is 0 Å². The molecule has 0 unspecified atom stereocenters. The van der Waals surface area contributed by atoms with E-state index in [-0.39, 0.29) is 0 Å². The van der Waals surface area contributed by atoms with Crippen LogP contribution in [-0.2, 0) is 0 Å². The summed E-state index contributed by atoms with van der Waals surface area (Å²) in [5.41, 5.74) is 4.16. The first kappa shape index (κ1) is 15.3. The third-order valence-corrected chi connectivity index (χ3v) is 3.90. The molecule has 0 bridgehead atoms. The molecule has 3 rings (SSSR count). The lowest BCUT2D eigenvalue weighted by Gasteiger charge is -2.11. The van der Waals surface area contributed by atoms with Crippen LogP contribution in [0.2, 0.25) is 5.02 Å². The summed E-state index contributed by atoms with van der Waals surface area (Å²) in [6.45, 7) is 4.08. The van der Waals surface area contributed by atoms with Crippen molar-refractivity contribution in [3.8, 4) is 11.4 Å². The Kier molecular flexibility index (Phi) is 4.16. The summed E-state index contributed by atoms with van der Waals surface area (Å²) in [5.74, 6) is 0.660. The summed E-state index contributed by atoms with van der Waals surface area (Å²) in [7, 11) is 1.60. The van der Waals surface area contributed by atoms with Crippen LogP contribution in [-0.4, -0.2) is 32.8 Å². The summed E-state index contributed by atoms with van der Waals surface area (Å²) in [6, 6.07) is 7.80. The highest BCUT2D eigenvalue weighted by molar-refractivity contribution is 6.32. The maximum atomic E-state index is 6.24. The highest BCUT2D eigenvalue weighted by Crippen LogP contribution is 2.28. The van der Waals surface area contributed by atoms with E-state index in [9.17, 15) is 0 Å². The maximum absolute atomic E-state index is 6.24. The van der Waals surface area contributed by atoms with Crippen molar-refractivity contribution in [2.24, 2.45) is 5.10 Å². The molecule has 7 heteroatoms. The van der Waals surface area contributed by atoms with Crippen LogP contribution in [0.15, 0.2) is 42.0 Å². The van der Waals surface area contributed by atoms with Gasteiger partial charge in [0.05, 0.1) is 18.3 Å². The predicted molar refractivity (Wildman–Crippen MR) is 89.8 cm³/mol. The molecule has 0 aliphatic heterocycles. The van der Waals surface area contributed by atoms with Gasteiger partial charge in [0.2, 0.25) is 0 Å². The molecule has 0 aliphatic carbocycles. The van der Waals surface area contributed by atoms with E-state index in [1.165, 1.54) is 0 Å². The Morgan fingerprint density at radius 1 is 1.17 bits per heavy atom. The fourth-order valence-corrected chi connectivity index (χ4v) is 2.75. The molecule has 6 nitrogen and oxygen atoms in total. The number of halogens is 1. The fraction of sp³-hybridized carbons (Fsp3) is 0.188. The monoisotopic (exact) mass is 329 g/mol. The second kappa shape index (κ2) is 6.26. The third kappa shape index (κ3) is 2.98. The van der Waals surface area contributed by atoms with E-state index in [1.807, 2.05) is 32.0 Å². The van der Waals surface area contributed by atoms with Crippen molar-refractivity contribution in [2.75, 3.05) is 7.11 Å². The zero-order valence-electron chi connectivity index (χ0n) is 13.1. The number of aryl methyl sites for hydroxylation is 1. The lowest BCUT2D eigenvalue weighted by molar-refractivity contribution is 0.415. The van der Waals surface area contributed by atoms with Gasteiger partial charge in [0.15, 0.2) is 0 Å². The number of ether oxygens (including phenoxy) is 1. The Labute approximate surface area is 139 Å². The van der Waals surface area contributed by atoms with E-state index in [0.717, 1.165) is 22.6 Å². The molecule has 3 aromatic rings. The minimum atomic E-state index is 0.581. The lowest BCUT2D eigenvalue weighted by atomic mass is 10.2. The van der Waals surface area contributed by atoms with Gasteiger partial charge in [0.25, 0.3) is 0 Å². The summed E-state index contributed by atoms with van der Waals surface area (Å²) >= 11 is 6.24. The van der Waals surface area contributed by atoms with Crippen molar-refractivity contribution in [2.45, 2.75) is 13.8 Å². The van der Waals surface area contributed by atoms with Crippen molar-refractivity contribution >= 4 is 17.8 Å². The van der Waals surface area contributed by atoms with Crippen LogP contribution < -0.4 is 4.74 Å². The first-order chi connectivity index (χ1) is 11.1. The number of benzene rings is 1. The van der Waals surface area contributed by atoms with Crippen molar-refractivity contribution in [1.82, 2.24) is 19.4 Å². The molecule has 0 saturated heterocycles. The largest absolute Gasteiger partial charge is 0.495 e. The highest BCUT2D eigenvalue weighted by atomic mass is 35.5. The molecule has 1 aromatic carbocycles. The van der Waals surface area contributed by atoms with Crippen LogP contribution in [0, 0.1) is 13.8 Å². The minimum absolute atomic E-state index is 0.581. The summed E-state index contributed by atoms with van der Waals surface area (Å²) in [5, 5.41) is 12.3. The van der Waals surface area contributed by atoms with E-state index >= 15 is 0 Å². The van der Waals surface area contributed by atoms with Crippen molar-refractivity contribution in [3.05, 3.63) is 58.9 Å². The van der Waals surface area contributed by atoms with Gasteiger partial charge in [-0.3, -0.25) is 0 Å².